The number of carbonyl (C=O) groups is 1. The Hall–Kier alpha value is -1.50. The monoisotopic (exact) mass is 225 g/mol. The number of hydrogen-bond acceptors (Lipinski definition) is 5. The summed E-state index contributed by atoms with van der Waals surface area (Å²) in [5.41, 5.74) is 6.10. The Labute approximate surface area is 93.1 Å². The van der Waals surface area contributed by atoms with Gasteiger partial charge in [-0.25, -0.2) is 0 Å². The normalized spacial score (nSPS) is 10.7. The molecule has 1 aromatic heterocycles. The van der Waals surface area contributed by atoms with Gasteiger partial charge in [0.1, 0.15) is 5.69 Å². The number of pyridine rings is 1. The Kier molecular flexibility index (Phi) is 4.84. The predicted octanol–water partition coefficient (Wildman–Crippen LogP) is -1.38. The van der Waals surface area contributed by atoms with Gasteiger partial charge in [-0.1, -0.05) is 6.07 Å². The summed E-state index contributed by atoms with van der Waals surface area (Å²) in [6.45, 7) is 0.185. The molecule has 1 heterocycles. The van der Waals surface area contributed by atoms with Gasteiger partial charge in [0, 0.05) is 12.7 Å². The predicted molar refractivity (Wildman–Crippen MR) is 57.6 cm³/mol. The summed E-state index contributed by atoms with van der Waals surface area (Å²) in [6.07, 6.45) is 1.53. The molecule has 1 aromatic rings. The average Bonchev–Trinajstić information content (AvgIpc) is 2.31. The van der Waals surface area contributed by atoms with Crippen LogP contribution in [0.25, 0.3) is 0 Å². The number of primary amides is 1. The first-order chi connectivity index (χ1) is 7.67. The molecule has 0 unspecified atom stereocenters. The van der Waals surface area contributed by atoms with E-state index in [4.69, 9.17) is 15.9 Å². The minimum atomic E-state index is -0.567. The molecule has 1 rings (SSSR count). The maximum absolute atomic E-state index is 10.7. The van der Waals surface area contributed by atoms with Gasteiger partial charge in [0.05, 0.1) is 19.3 Å². The molecular weight excluding hydrogens is 210 g/mol. The molecule has 5 N–H and O–H groups in total. The SMILES string of the molecule is NC(=O)c1ccc(CNC(CO)CO)cn1. The fraction of sp³-hybridized carbons (Fsp3) is 0.400. The molecule has 1 amide bonds. The lowest BCUT2D eigenvalue weighted by atomic mass is 10.2. The fourth-order valence-electron chi connectivity index (χ4n) is 1.12. The maximum atomic E-state index is 10.7. The van der Waals surface area contributed by atoms with Crippen molar-refractivity contribution in [3.63, 3.8) is 0 Å². The molecule has 0 spiro atoms. The second kappa shape index (κ2) is 6.16. The van der Waals surface area contributed by atoms with Gasteiger partial charge >= 0.3 is 0 Å². The molecule has 0 radical (unpaired) electrons. The summed E-state index contributed by atoms with van der Waals surface area (Å²) in [7, 11) is 0. The van der Waals surface area contributed by atoms with Gasteiger partial charge in [-0.15, -0.1) is 0 Å². The largest absolute Gasteiger partial charge is 0.395 e. The van der Waals surface area contributed by atoms with Crippen molar-refractivity contribution in [3.05, 3.63) is 29.6 Å². The van der Waals surface area contributed by atoms with Crippen molar-refractivity contribution in [2.75, 3.05) is 13.2 Å². The van der Waals surface area contributed by atoms with Crippen molar-refractivity contribution < 1.29 is 15.0 Å². The van der Waals surface area contributed by atoms with Gasteiger partial charge < -0.3 is 21.3 Å². The summed E-state index contributed by atoms with van der Waals surface area (Å²) in [5.74, 6) is -0.567. The molecule has 0 saturated heterocycles. The minimum Gasteiger partial charge on any atom is -0.395 e. The number of nitrogens with two attached hydrogens (primary N) is 1. The van der Waals surface area contributed by atoms with Crippen molar-refractivity contribution >= 4 is 5.91 Å². The van der Waals surface area contributed by atoms with Crippen LogP contribution >= 0.6 is 0 Å². The number of carbonyl (C=O) groups excluding carboxylic acids is 1. The first kappa shape index (κ1) is 12.6. The molecule has 0 saturated carbocycles. The van der Waals surface area contributed by atoms with Crippen LogP contribution in [0.1, 0.15) is 16.1 Å². The molecule has 0 aliphatic carbocycles. The third kappa shape index (κ3) is 3.58. The standard InChI is InChI=1S/C10H15N3O3/c11-10(16)9-2-1-7(4-13-9)3-12-8(5-14)6-15/h1-2,4,8,12,14-15H,3,5-6H2,(H2,11,16). The Morgan fingerprint density at radius 1 is 1.44 bits per heavy atom. The highest BCUT2D eigenvalue weighted by Crippen LogP contribution is 2.00. The van der Waals surface area contributed by atoms with Gasteiger partial charge in [-0.3, -0.25) is 9.78 Å². The van der Waals surface area contributed by atoms with E-state index in [9.17, 15) is 4.79 Å². The molecule has 6 heteroatoms. The summed E-state index contributed by atoms with van der Waals surface area (Å²) >= 11 is 0. The minimum absolute atomic E-state index is 0.136. The van der Waals surface area contributed by atoms with Gasteiger partial charge in [-0.05, 0) is 11.6 Å². The molecule has 0 aliphatic rings. The fourth-order valence-corrected chi connectivity index (χ4v) is 1.12. The molecule has 0 aliphatic heterocycles. The molecule has 0 atom stereocenters. The Morgan fingerprint density at radius 3 is 2.56 bits per heavy atom. The van der Waals surface area contributed by atoms with Crippen LogP contribution in [0.3, 0.4) is 0 Å². The zero-order chi connectivity index (χ0) is 12.0. The third-order valence-electron chi connectivity index (χ3n) is 2.11. The quantitative estimate of drug-likeness (QED) is 0.477. The van der Waals surface area contributed by atoms with Crippen molar-refractivity contribution in [1.82, 2.24) is 10.3 Å². The lowest BCUT2D eigenvalue weighted by Gasteiger charge is -2.12. The molecular formula is C10H15N3O3. The first-order valence-corrected chi connectivity index (χ1v) is 4.87. The van der Waals surface area contributed by atoms with Gasteiger partial charge in [-0.2, -0.15) is 0 Å². The van der Waals surface area contributed by atoms with E-state index in [2.05, 4.69) is 10.3 Å². The molecule has 0 bridgehead atoms. The van der Waals surface area contributed by atoms with E-state index in [1.807, 2.05) is 0 Å². The van der Waals surface area contributed by atoms with Crippen LogP contribution in [-0.2, 0) is 6.54 Å². The summed E-state index contributed by atoms with van der Waals surface area (Å²) in [6, 6.07) is 2.90. The molecule has 6 nitrogen and oxygen atoms in total. The smallest absolute Gasteiger partial charge is 0.267 e. The van der Waals surface area contributed by atoms with Gasteiger partial charge in [0.25, 0.3) is 5.91 Å². The number of rotatable bonds is 6. The molecule has 88 valence electrons. The zero-order valence-electron chi connectivity index (χ0n) is 8.76. The Morgan fingerprint density at radius 2 is 2.12 bits per heavy atom. The van der Waals surface area contributed by atoms with Crippen LogP contribution in [-0.4, -0.2) is 40.4 Å². The summed E-state index contributed by atoms with van der Waals surface area (Å²) in [5, 5.41) is 20.6. The van der Waals surface area contributed by atoms with Crippen molar-refractivity contribution in [2.24, 2.45) is 5.73 Å². The number of amides is 1. The first-order valence-electron chi connectivity index (χ1n) is 4.87. The van der Waals surface area contributed by atoms with Crippen molar-refractivity contribution in [1.29, 1.82) is 0 Å². The summed E-state index contributed by atoms with van der Waals surface area (Å²) in [4.78, 5) is 14.6. The van der Waals surface area contributed by atoms with E-state index in [1.54, 1.807) is 6.07 Å². The zero-order valence-corrected chi connectivity index (χ0v) is 8.76. The highest BCUT2D eigenvalue weighted by molar-refractivity contribution is 5.90. The summed E-state index contributed by atoms with van der Waals surface area (Å²) < 4.78 is 0. The topological polar surface area (TPSA) is 108 Å². The number of aliphatic hydroxyl groups excluding tert-OH is 2. The Balaban J connectivity index is 2.52. The van der Waals surface area contributed by atoms with Crippen LogP contribution < -0.4 is 11.1 Å². The lowest BCUT2D eigenvalue weighted by Crippen LogP contribution is -2.35. The molecule has 0 fully saturated rings. The van der Waals surface area contributed by atoms with E-state index < -0.39 is 5.91 Å². The second-order valence-corrected chi connectivity index (χ2v) is 3.36. The van der Waals surface area contributed by atoms with Crippen LogP contribution in [0.5, 0.6) is 0 Å². The van der Waals surface area contributed by atoms with Crippen LogP contribution in [0, 0.1) is 0 Å². The van der Waals surface area contributed by atoms with E-state index >= 15 is 0 Å². The van der Waals surface area contributed by atoms with Crippen LogP contribution in [0.2, 0.25) is 0 Å². The maximum Gasteiger partial charge on any atom is 0.267 e. The lowest BCUT2D eigenvalue weighted by molar-refractivity contribution is 0.0995. The number of aliphatic hydroxyl groups is 2. The van der Waals surface area contributed by atoms with E-state index in [1.165, 1.54) is 12.3 Å². The highest BCUT2D eigenvalue weighted by atomic mass is 16.3. The number of aromatic nitrogens is 1. The van der Waals surface area contributed by atoms with Crippen molar-refractivity contribution in [2.45, 2.75) is 12.6 Å². The van der Waals surface area contributed by atoms with Gasteiger partial charge in [0.15, 0.2) is 0 Å². The van der Waals surface area contributed by atoms with Gasteiger partial charge in [0.2, 0.25) is 0 Å². The average molecular weight is 225 g/mol. The number of nitrogens with zero attached hydrogens (tertiary/aromatic N) is 1. The number of nitrogens with one attached hydrogen (secondary N) is 1. The van der Waals surface area contributed by atoms with Crippen LogP contribution in [0.15, 0.2) is 18.3 Å². The van der Waals surface area contributed by atoms with E-state index in [-0.39, 0.29) is 24.9 Å². The van der Waals surface area contributed by atoms with Crippen molar-refractivity contribution in [3.8, 4) is 0 Å². The number of hydrogen-bond donors (Lipinski definition) is 4. The molecule has 0 aromatic carbocycles. The Bertz CT molecular complexity index is 336. The van der Waals surface area contributed by atoms with Crippen LogP contribution in [0.4, 0.5) is 0 Å². The van der Waals surface area contributed by atoms with E-state index in [0.29, 0.717) is 6.54 Å². The second-order valence-electron chi connectivity index (χ2n) is 3.36. The highest BCUT2D eigenvalue weighted by Gasteiger charge is 2.05. The third-order valence-corrected chi connectivity index (χ3v) is 2.11. The van der Waals surface area contributed by atoms with E-state index in [0.717, 1.165) is 5.56 Å². The molecule has 16 heavy (non-hydrogen) atoms.